The molecular weight excluding hydrogens is 435 g/mol. The molecular formula is C17H25IN4OS. The number of ether oxygens (including phenoxy) is 1. The molecule has 24 heavy (non-hydrogen) atoms. The highest BCUT2D eigenvalue weighted by atomic mass is 127. The minimum atomic E-state index is 0. The summed E-state index contributed by atoms with van der Waals surface area (Å²) in [6.45, 7) is 5.44. The van der Waals surface area contributed by atoms with E-state index in [1.54, 1.807) is 25.5 Å². The van der Waals surface area contributed by atoms with Gasteiger partial charge in [0.15, 0.2) is 5.96 Å². The van der Waals surface area contributed by atoms with Crippen LogP contribution in [0.15, 0.2) is 35.3 Å². The Morgan fingerprint density at radius 3 is 2.67 bits per heavy atom. The maximum absolute atomic E-state index is 5.13. The van der Waals surface area contributed by atoms with Crippen molar-refractivity contribution < 1.29 is 4.74 Å². The lowest BCUT2D eigenvalue weighted by Gasteiger charge is -2.16. The number of methoxy groups -OCH3 is 1. The van der Waals surface area contributed by atoms with E-state index in [4.69, 9.17) is 4.74 Å². The van der Waals surface area contributed by atoms with Crippen LogP contribution < -0.4 is 10.6 Å². The number of aliphatic imine (C=N–C) groups is 1. The van der Waals surface area contributed by atoms with E-state index in [2.05, 4.69) is 39.7 Å². The molecule has 7 heteroatoms. The number of hydrogen-bond acceptors (Lipinski definition) is 4. The molecule has 1 aromatic heterocycles. The molecule has 1 heterocycles. The predicted molar refractivity (Wildman–Crippen MR) is 112 cm³/mol. The van der Waals surface area contributed by atoms with Crippen LogP contribution >= 0.6 is 35.3 Å². The number of aryl methyl sites for hydroxylation is 1. The van der Waals surface area contributed by atoms with Crippen LogP contribution in [-0.2, 0) is 11.3 Å². The van der Waals surface area contributed by atoms with Crippen LogP contribution in [0.4, 0.5) is 0 Å². The highest BCUT2D eigenvalue weighted by molar-refractivity contribution is 14.0. The second kappa shape index (κ2) is 10.6. The van der Waals surface area contributed by atoms with E-state index < -0.39 is 0 Å². The summed E-state index contributed by atoms with van der Waals surface area (Å²) in [7, 11) is 3.46. The number of halogens is 1. The fourth-order valence-corrected chi connectivity index (χ4v) is 3.19. The monoisotopic (exact) mass is 460 g/mol. The molecule has 2 rings (SSSR count). The number of hydrogen-bond donors (Lipinski definition) is 2. The van der Waals surface area contributed by atoms with Crippen molar-refractivity contribution in [3.8, 4) is 10.6 Å². The van der Waals surface area contributed by atoms with Gasteiger partial charge in [0.25, 0.3) is 0 Å². The molecule has 1 atom stereocenters. The largest absolute Gasteiger partial charge is 0.383 e. The van der Waals surface area contributed by atoms with E-state index in [-0.39, 0.29) is 30.0 Å². The Bertz CT molecular complexity index is 645. The summed E-state index contributed by atoms with van der Waals surface area (Å²) in [6.07, 6.45) is 0. The molecule has 0 aliphatic rings. The third kappa shape index (κ3) is 6.03. The maximum Gasteiger partial charge on any atom is 0.191 e. The first kappa shape index (κ1) is 20.9. The van der Waals surface area contributed by atoms with Crippen LogP contribution in [0.2, 0.25) is 0 Å². The van der Waals surface area contributed by atoms with E-state index in [0.29, 0.717) is 13.2 Å². The molecule has 0 bridgehead atoms. The zero-order valence-electron chi connectivity index (χ0n) is 14.5. The summed E-state index contributed by atoms with van der Waals surface area (Å²) in [5.41, 5.74) is 2.21. The van der Waals surface area contributed by atoms with Gasteiger partial charge in [-0.25, -0.2) is 4.98 Å². The van der Waals surface area contributed by atoms with Crippen molar-refractivity contribution in [3.05, 3.63) is 40.9 Å². The number of rotatable bonds is 6. The Kier molecular flexibility index (Phi) is 9.24. The van der Waals surface area contributed by atoms with Crippen LogP contribution in [0.5, 0.6) is 0 Å². The minimum absolute atomic E-state index is 0. The van der Waals surface area contributed by atoms with Gasteiger partial charge in [0.1, 0.15) is 5.01 Å². The number of nitrogens with one attached hydrogen (secondary N) is 2. The SMILES string of the molecule is CN=C(NCc1sc(-c2ccccc2)nc1C)NC(C)COC.I. The van der Waals surface area contributed by atoms with Crippen molar-refractivity contribution in [1.82, 2.24) is 15.6 Å². The summed E-state index contributed by atoms with van der Waals surface area (Å²) >= 11 is 1.71. The van der Waals surface area contributed by atoms with Gasteiger partial charge in [-0.2, -0.15) is 0 Å². The average Bonchev–Trinajstić information content (AvgIpc) is 2.93. The van der Waals surface area contributed by atoms with Crippen molar-refractivity contribution in [2.45, 2.75) is 26.4 Å². The van der Waals surface area contributed by atoms with Crippen molar-refractivity contribution in [2.75, 3.05) is 20.8 Å². The van der Waals surface area contributed by atoms with Crippen LogP contribution in [0.1, 0.15) is 17.5 Å². The topological polar surface area (TPSA) is 58.5 Å². The van der Waals surface area contributed by atoms with Crippen molar-refractivity contribution in [2.24, 2.45) is 4.99 Å². The zero-order valence-corrected chi connectivity index (χ0v) is 17.6. The summed E-state index contributed by atoms with van der Waals surface area (Å²) in [6, 6.07) is 10.5. The van der Waals surface area contributed by atoms with E-state index in [1.165, 1.54) is 4.88 Å². The Morgan fingerprint density at radius 1 is 1.33 bits per heavy atom. The van der Waals surface area contributed by atoms with E-state index in [1.807, 2.05) is 25.1 Å². The molecule has 0 fully saturated rings. The van der Waals surface area contributed by atoms with Crippen LogP contribution in [0.3, 0.4) is 0 Å². The normalized spacial score (nSPS) is 12.4. The van der Waals surface area contributed by atoms with Gasteiger partial charge in [-0.05, 0) is 13.8 Å². The molecule has 0 radical (unpaired) electrons. The predicted octanol–water partition coefficient (Wildman–Crippen LogP) is 3.44. The molecule has 0 saturated heterocycles. The van der Waals surface area contributed by atoms with Crippen LogP contribution in [0.25, 0.3) is 10.6 Å². The van der Waals surface area contributed by atoms with Crippen molar-refractivity contribution in [1.29, 1.82) is 0 Å². The third-order valence-corrected chi connectivity index (χ3v) is 4.56. The first-order valence-corrected chi connectivity index (χ1v) is 8.43. The Labute approximate surface area is 165 Å². The van der Waals surface area contributed by atoms with Crippen LogP contribution in [-0.4, -0.2) is 37.7 Å². The molecule has 2 aromatic rings. The van der Waals surface area contributed by atoms with Gasteiger partial charge < -0.3 is 15.4 Å². The summed E-state index contributed by atoms with van der Waals surface area (Å²) < 4.78 is 5.13. The minimum Gasteiger partial charge on any atom is -0.383 e. The van der Waals surface area contributed by atoms with Crippen molar-refractivity contribution >= 4 is 41.3 Å². The number of thiazole rings is 1. The molecule has 1 unspecified atom stereocenters. The third-order valence-electron chi connectivity index (χ3n) is 3.35. The highest BCUT2D eigenvalue weighted by Crippen LogP contribution is 2.27. The number of guanidine groups is 1. The van der Waals surface area contributed by atoms with Gasteiger partial charge in [0.05, 0.1) is 18.8 Å². The summed E-state index contributed by atoms with van der Waals surface area (Å²) in [5.74, 6) is 0.767. The lowest BCUT2D eigenvalue weighted by atomic mass is 10.2. The molecule has 5 nitrogen and oxygen atoms in total. The quantitative estimate of drug-likeness (QED) is 0.394. The summed E-state index contributed by atoms with van der Waals surface area (Å²) in [5, 5.41) is 7.68. The lowest BCUT2D eigenvalue weighted by Crippen LogP contribution is -2.43. The van der Waals surface area contributed by atoms with Gasteiger partial charge >= 0.3 is 0 Å². The molecule has 0 aliphatic carbocycles. The lowest BCUT2D eigenvalue weighted by molar-refractivity contribution is 0.179. The number of benzene rings is 1. The fraction of sp³-hybridized carbons (Fsp3) is 0.412. The Morgan fingerprint density at radius 2 is 2.04 bits per heavy atom. The van der Waals surface area contributed by atoms with Gasteiger partial charge in [-0.1, -0.05) is 30.3 Å². The van der Waals surface area contributed by atoms with Crippen molar-refractivity contribution in [3.63, 3.8) is 0 Å². The average molecular weight is 460 g/mol. The second-order valence-electron chi connectivity index (χ2n) is 5.32. The van der Waals surface area contributed by atoms with Gasteiger partial charge in [0.2, 0.25) is 0 Å². The highest BCUT2D eigenvalue weighted by Gasteiger charge is 2.10. The standard InChI is InChI=1S/C17H24N4OS.HI/c1-12(11-22-4)20-17(18-3)19-10-15-13(2)21-16(23-15)14-8-6-5-7-9-14;/h5-9,12H,10-11H2,1-4H3,(H2,18,19,20);1H. The fourth-order valence-electron chi connectivity index (χ4n) is 2.18. The number of nitrogens with zero attached hydrogens (tertiary/aromatic N) is 2. The van der Waals surface area contributed by atoms with E-state index in [0.717, 1.165) is 22.2 Å². The Hall–Kier alpha value is -1.19. The molecule has 2 N–H and O–H groups in total. The Balaban J connectivity index is 0.00000288. The van der Waals surface area contributed by atoms with Gasteiger partial charge in [0, 0.05) is 30.6 Å². The van der Waals surface area contributed by atoms with E-state index >= 15 is 0 Å². The molecule has 0 amide bonds. The first-order chi connectivity index (χ1) is 11.1. The molecule has 132 valence electrons. The first-order valence-electron chi connectivity index (χ1n) is 7.62. The molecule has 0 aliphatic heterocycles. The molecule has 0 saturated carbocycles. The maximum atomic E-state index is 5.13. The molecule has 0 spiro atoms. The number of aromatic nitrogens is 1. The smallest absolute Gasteiger partial charge is 0.191 e. The second-order valence-corrected chi connectivity index (χ2v) is 6.40. The van der Waals surface area contributed by atoms with Crippen LogP contribution in [0, 0.1) is 6.92 Å². The summed E-state index contributed by atoms with van der Waals surface area (Å²) in [4.78, 5) is 10.1. The van der Waals surface area contributed by atoms with Gasteiger partial charge in [-0.15, -0.1) is 35.3 Å². The van der Waals surface area contributed by atoms with E-state index in [9.17, 15) is 0 Å². The molecule has 1 aromatic carbocycles. The van der Waals surface area contributed by atoms with Gasteiger partial charge in [-0.3, -0.25) is 4.99 Å². The zero-order chi connectivity index (χ0) is 16.7.